The minimum Gasteiger partial charge on any atom is -0.491 e. The SMILES string of the molecule is O=C1CN(C(=O)c2ccccc2C(F)(F)F)CCCCNC(=O)c2cc(Cl)ccc2OC[C@@H](Cc2ccccc2)N1. The molecule has 3 aromatic rings. The summed E-state index contributed by atoms with van der Waals surface area (Å²) in [6.07, 6.45) is -3.63. The van der Waals surface area contributed by atoms with Crippen LogP contribution in [0.25, 0.3) is 0 Å². The second-order valence-corrected chi connectivity index (χ2v) is 10.1. The maximum Gasteiger partial charge on any atom is 0.417 e. The van der Waals surface area contributed by atoms with Gasteiger partial charge in [0, 0.05) is 18.1 Å². The highest BCUT2D eigenvalue weighted by atomic mass is 35.5. The third-order valence-corrected chi connectivity index (χ3v) is 6.78. The van der Waals surface area contributed by atoms with E-state index >= 15 is 0 Å². The number of benzene rings is 3. The average Bonchev–Trinajstić information content (AvgIpc) is 2.95. The van der Waals surface area contributed by atoms with Gasteiger partial charge in [-0.3, -0.25) is 14.4 Å². The number of rotatable bonds is 3. The van der Waals surface area contributed by atoms with Gasteiger partial charge in [-0.05, 0) is 55.2 Å². The van der Waals surface area contributed by atoms with E-state index in [-0.39, 0.29) is 31.0 Å². The minimum absolute atomic E-state index is 0.0105. The number of carbonyl (C=O) groups excluding carboxylic acids is 3. The van der Waals surface area contributed by atoms with Crippen LogP contribution in [0.3, 0.4) is 0 Å². The Bertz CT molecular complexity index is 1380. The van der Waals surface area contributed by atoms with Crippen molar-refractivity contribution in [1.82, 2.24) is 15.5 Å². The number of ether oxygens (including phenoxy) is 1. The summed E-state index contributed by atoms with van der Waals surface area (Å²) in [6.45, 7) is -0.229. The molecule has 1 heterocycles. The number of alkyl halides is 3. The van der Waals surface area contributed by atoms with Gasteiger partial charge in [0.15, 0.2) is 0 Å². The quantitative estimate of drug-likeness (QED) is 0.445. The topological polar surface area (TPSA) is 87.7 Å². The fourth-order valence-corrected chi connectivity index (χ4v) is 4.73. The zero-order valence-electron chi connectivity index (χ0n) is 22.0. The molecule has 0 aliphatic carbocycles. The molecular weight excluding hydrogens is 559 g/mol. The molecule has 3 aromatic carbocycles. The lowest BCUT2D eigenvalue weighted by Gasteiger charge is -2.26. The van der Waals surface area contributed by atoms with Crippen LogP contribution in [0.5, 0.6) is 5.75 Å². The molecule has 41 heavy (non-hydrogen) atoms. The second-order valence-electron chi connectivity index (χ2n) is 9.64. The lowest BCUT2D eigenvalue weighted by atomic mass is 10.1. The lowest BCUT2D eigenvalue weighted by molar-refractivity contribution is -0.138. The number of amides is 3. The zero-order valence-corrected chi connectivity index (χ0v) is 22.8. The molecular formula is C30H29ClF3N3O4. The van der Waals surface area contributed by atoms with E-state index in [0.29, 0.717) is 24.3 Å². The van der Waals surface area contributed by atoms with Gasteiger partial charge in [-0.1, -0.05) is 54.1 Å². The largest absolute Gasteiger partial charge is 0.491 e. The van der Waals surface area contributed by atoms with Crippen molar-refractivity contribution in [1.29, 1.82) is 0 Å². The Morgan fingerprint density at radius 2 is 1.73 bits per heavy atom. The molecule has 1 atom stereocenters. The van der Waals surface area contributed by atoms with Gasteiger partial charge in [-0.2, -0.15) is 13.2 Å². The third-order valence-electron chi connectivity index (χ3n) is 6.54. The van der Waals surface area contributed by atoms with Crippen LogP contribution in [-0.2, 0) is 17.4 Å². The second kappa shape index (κ2) is 13.5. The van der Waals surface area contributed by atoms with Crippen molar-refractivity contribution < 1.29 is 32.3 Å². The van der Waals surface area contributed by atoms with Gasteiger partial charge in [-0.25, -0.2) is 0 Å². The molecule has 3 amide bonds. The number of nitrogens with one attached hydrogen (secondary N) is 2. The first kappa shape index (κ1) is 29.9. The van der Waals surface area contributed by atoms with Crippen LogP contribution < -0.4 is 15.4 Å². The Morgan fingerprint density at radius 1 is 1.00 bits per heavy atom. The van der Waals surface area contributed by atoms with E-state index in [2.05, 4.69) is 10.6 Å². The Hall–Kier alpha value is -4.05. The first-order valence-electron chi connectivity index (χ1n) is 13.1. The van der Waals surface area contributed by atoms with Crippen LogP contribution >= 0.6 is 11.6 Å². The number of carbonyl (C=O) groups is 3. The third kappa shape index (κ3) is 8.23. The van der Waals surface area contributed by atoms with Gasteiger partial charge in [0.2, 0.25) is 5.91 Å². The van der Waals surface area contributed by atoms with Crippen molar-refractivity contribution in [2.45, 2.75) is 31.5 Å². The molecule has 0 fully saturated rings. The number of halogens is 4. The Labute approximate surface area is 240 Å². The average molecular weight is 588 g/mol. The van der Waals surface area contributed by atoms with E-state index in [1.807, 2.05) is 30.3 Å². The summed E-state index contributed by atoms with van der Waals surface area (Å²) < 4.78 is 47.0. The Morgan fingerprint density at radius 3 is 2.49 bits per heavy atom. The van der Waals surface area contributed by atoms with Gasteiger partial charge < -0.3 is 20.3 Å². The molecule has 0 saturated carbocycles. The molecule has 2 N–H and O–H groups in total. The van der Waals surface area contributed by atoms with Crippen molar-refractivity contribution in [3.05, 3.63) is 100 Å². The Balaban J connectivity index is 1.62. The summed E-state index contributed by atoms with van der Waals surface area (Å²) in [6, 6.07) is 17.9. The van der Waals surface area contributed by atoms with Crippen LogP contribution in [0.1, 0.15) is 44.7 Å². The first-order chi connectivity index (χ1) is 19.6. The molecule has 1 aliphatic heterocycles. The lowest BCUT2D eigenvalue weighted by Crippen LogP contribution is -2.47. The number of hydrogen-bond donors (Lipinski definition) is 2. The first-order valence-corrected chi connectivity index (χ1v) is 13.5. The predicted molar refractivity (Wildman–Crippen MR) is 148 cm³/mol. The van der Waals surface area contributed by atoms with Crippen molar-refractivity contribution >= 4 is 29.3 Å². The summed E-state index contributed by atoms with van der Waals surface area (Å²) >= 11 is 6.13. The van der Waals surface area contributed by atoms with Gasteiger partial charge in [0.05, 0.1) is 29.3 Å². The molecule has 216 valence electrons. The molecule has 0 spiro atoms. The maximum absolute atomic E-state index is 13.7. The van der Waals surface area contributed by atoms with Crippen molar-refractivity contribution in [3.63, 3.8) is 0 Å². The van der Waals surface area contributed by atoms with E-state index in [1.54, 1.807) is 12.1 Å². The molecule has 4 rings (SSSR count). The minimum atomic E-state index is -4.74. The van der Waals surface area contributed by atoms with Gasteiger partial charge in [0.25, 0.3) is 11.8 Å². The monoisotopic (exact) mass is 587 g/mol. The molecule has 0 bridgehead atoms. The maximum atomic E-state index is 13.7. The van der Waals surface area contributed by atoms with Gasteiger partial charge in [0.1, 0.15) is 12.4 Å². The Kier molecular flexibility index (Phi) is 9.88. The number of hydrogen-bond acceptors (Lipinski definition) is 4. The van der Waals surface area contributed by atoms with Crippen molar-refractivity contribution in [3.8, 4) is 5.75 Å². The van der Waals surface area contributed by atoms with E-state index in [4.69, 9.17) is 16.3 Å². The highest BCUT2D eigenvalue weighted by Gasteiger charge is 2.36. The van der Waals surface area contributed by atoms with Crippen LogP contribution in [0, 0.1) is 0 Å². The van der Waals surface area contributed by atoms with Crippen LogP contribution in [0.2, 0.25) is 5.02 Å². The molecule has 1 aliphatic rings. The summed E-state index contributed by atoms with van der Waals surface area (Å²) in [7, 11) is 0. The standard InChI is InChI=1S/C30H29ClF3N3O4/c31-21-12-13-26-24(17-21)28(39)35-14-6-7-15-37(29(40)23-10-4-5-11-25(23)30(32,33)34)18-27(38)36-22(19-41-26)16-20-8-2-1-3-9-20/h1-5,8-13,17,22H,6-7,14-16,18-19H2,(H,35,39)(H,36,38)/t22-/m1/s1. The molecule has 11 heteroatoms. The molecule has 0 saturated heterocycles. The fraction of sp³-hybridized carbons (Fsp3) is 0.300. The highest BCUT2D eigenvalue weighted by molar-refractivity contribution is 6.31. The van der Waals surface area contributed by atoms with Crippen LogP contribution in [-0.4, -0.2) is 54.9 Å². The van der Waals surface area contributed by atoms with Crippen LogP contribution in [0.4, 0.5) is 13.2 Å². The summed E-state index contributed by atoms with van der Waals surface area (Å²) in [4.78, 5) is 40.6. The smallest absolute Gasteiger partial charge is 0.417 e. The van der Waals surface area contributed by atoms with Crippen molar-refractivity contribution in [2.24, 2.45) is 0 Å². The summed E-state index contributed by atoms with van der Waals surface area (Å²) in [5, 5.41) is 6.00. The molecule has 0 unspecified atom stereocenters. The van der Waals surface area contributed by atoms with Crippen LogP contribution in [0.15, 0.2) is 72.8 Å². The molecule has 0 radical (unpaired) electrons. The number of fused-ring (bicyclic) bond motifs is 1. The molecule has 7 nitrogen and oxygen atoms in total. The predicted octanol–water partition coefficient (Wildman–Crippen LogP) is 5.13. The van der Waals surface area contributed by atoms with Gasteiger partial charge >= 0.3 is 6.18 Å². The summed E-state index contributed by atoms with van der Waals surface area (Å²) in [5.41, 5.74) is -0.464. The summed E-state index contributed by atoms with van der Waals surface area (Å²) in [5.74, 6) is -1.57. The van der Waals surface area contributed by atoms with Crippen molar-refractivity contribution in [2.75, 3.05) is 26.2 Å². The van der Waals surface area contributed by atoms with E-state index in [1.165, 1.54) is 18.2 Å². The zero-order chi connectivity index (χ0) is 29.4. The molecule has 0 aromatic heterocycles. The number of nitrogens with zero attached hydrogens (tertiary/aromatic N) is 1. The van der Waals surface area contributed by atoms with Gasteiger partial charge in [-0.15, -0.1) is 0 Å². The van der Waals surface area contributed by atoms with E-state index < -0.39 is 47.6 Å². The normalized spacial score (nSPS) is 17.3. The van der Waals surface area contributed by atoms with E-state index in [9.17, 15) is 27.6 Å². The highest BCUT2D eigenvalue weighted by Crippen LogP contribution is 2.32. The van der Waals surface area contributed by atoms with E-state index in [0.717, 1.165) is 22.6 Å². The fourth-order valence-electron chi connectivity index (χ4n) is 4.56.